The first-order valence-corrected chi connectivity index (χ1v) is 5.28. The van der Waals surface area contributed by atoms with E-state index in [1.165, 1.54) is 12.4 Å². The Kier molecular flexibility index (Phi) is 3.41. The molecule has 0 aliphatic heterocycles. The summed E-state index contributed by atoms with van der Waals surface area (Å²) >= 11 is 5.98. The van der Waals surface area contributed by atoms with Crippen LogP contribution in [0.25, 0.3) is 0 Å². The standard InChI is InChI=1S/C11H10ClN3O2/c12-8-2-1-3-9(7(8)5-13)17-11-4-10(16)14-6-15-11/h1-4,6H,5,13H2,(H,14,15,16). The van der Waals surface area contributed by atoms with Crippen molar-refractivity contribution in [2.24, 2.45) is 5.73 Å². The molecule has 0 atom stereocenters. The molecule has 6 heteroatoms. The molecule has 17 heavy (non-hydrogen) atoms. The number of hydrogen-bond donors (Lipinski definition) is 2. The summed E-state index contributed by atoms with van der Waals surface area (Å²) in [6.07, 6.45) is 1.27. The van der Waals surface area contributed by atoms with Crippen molar-refractivity contribution in [1.29, 1.82) is 0 Å². The second-order valence-electron chi connectivity index (χ2n) is 3.27. The molecule has 0 unspecified atom stereocenters. The molecule has 0 radical (unpaired) electrons. The highest BCUT2D eigenvalue weighted by Gasteiger charge is 2.08. The van der Waals surface area contributed by atoms with Crippen molar-refractivity contribution < 1.29 is 4.74 Å². The molecule has 1 aromatic carbocycles. The Balaban J connectivity index is 2.36. The van der Waals surface area contributed by atoms with Crippen LogP contribution in [0.2, 0.25) is 5.02 Å². The molecule has 3 N–H and O–H groups in total. The van der Waals surface area contributed by atoms with Crippen molar-refractivity contribution in [3.63, 3.8) is 0 Å². The fourth-order valence-electron chi connectivity index (χ4n) is 1.35. The third kappa shape index (κ3) is 2.64. The van der Waals surface area contributed by atoms with Gasteiger partial charge in [-0.2, -0.15) is 0 Å². The van der Waals surface area contributed by atoms with Crippen LogP contribution in [0.5, 0.6) is 11.6 Å². The Morgan fingerprint density at radius 3 is 3.00 bits per heavy atom. The van der Waals surface area contributed by atoms with E-state index in [4.69, 9.17) is 22.1 Å². The lowest BCUT2D eigenvalue weighted by Gasteiger charge is -2.09. The number of ether oxygens (including phenoxy) is 1. The molecule has 0 bridgehead atoms. The SMILES string of the molecule is NCc1c(Cl)cccc1Oc1cc(=O)[nH]cn1. The molecule has 0 saturated carbocycles. The molecule has 5 nitrogen and oxygen atoms in total. The Bertz CT molecular complexity index is 583. The predicted molar refractivity (Wildman–Crippen MR) is 64.3 cm³/mol. The van der Waals surface area contributed by atoms with Crippen LogP contribution in [0, 0.1) is 0 Å². The number of nitrogens with one attached hydrogen (secondary N) is 1. The van der Waals surface area contributed by atoms with Gasteiger partial charge in [0.05, 0.1) is 12.4 Å². The quantitative estimate of drug-likeness (QED) is 0.870. The molecule has 1 heterocycles. The van der Waals surface area contributed by atoms with Crippen LogP contribution < -0.4 is 16.0 Å². The fraction of sp³-hybridized carbons (Fsp3) is 0.0909. The van der Waals surface area contributed by atoms with Crippen LogP contribution in [0.15, 0.2) is 35.4 Å². The monoisotopic (exact) mass is 251 g/mol. The third-order valence-corrected chi connectivity index (χ3v) is 2.50. The molecule has 88 valence electrons. The van der Waals surface area contributed by atoms with Crippen LogP contribution in [0.1, 0.15) is 5.56 Å². The first kappa shape index (κ1) is 11.6. The number of hydrogen-bond acceptors (Lipinski definition) is 4. The third-order valence-electron chi connectivity index (χ3n) is 2.15. The van der Waals surface area contributed by atoms with Gasteiger partial charge in [-0.15, -0.1) is 0 Å². The van der Waals surface area contributed by atoms with Crippen LogP contribution in [0.4, 0.5) is 0 Å². The zero-order chi connectivity index (χ0) is 12.3. The van der Waals surface area contributed by atoms with Crippen molar-refractivity contribution >= 4 is 11.6 Å². The number of aromatic nitrogens is 2. The number of nitrogens with two attached hydrogens (primary N) is 1. The van der Waals surface area contributed by atoms with Crippen molar-refractivity contribution in [3.05, 3.63) is 51.5 Å². The summed E-state index contributed by atoms with van der Waals surface area (Å²) in [4.78, 5) is 17.4. The lowest BCUT2D eigenvalue weighted by molar-refractivity contribution is 0.455. The highest BCUT2D eigenvalue weighted by molar-refractivity contribution is 6.31. The van der Waals surface area contributed by atoms with Crippen LogP contribution in [-0.4, -0.2) is 9.97 Å². The smallest absolute Gasteiger partial charge is 0.254 e. The lowest BCUT2D eigenvalue weighted by atomic mass is 10.2. The molecule has 0 saturated heterocycles. The molecular formula is C11H10ClN3O2. The van der Waals surface area contributed by atoms with E-state index in [-0.39, 0.29) is 18.0 Å². The average molecular weight is 252 g/mol. The summed E-state index contributed by atoms with van der Waals surface area (Å²) in [5.74, 6) is 0.698. The molecule has 0 aliphatic carbocycles. The molecule has 0 amide bonds. The number of aromatic amines is 1. The normalized spacial score (nSPS) is 10.2. The number of benzene rings is 1. The maximum atomic E-state index is 11.1. The van der Waals surface area contributed by atoms with Crippen molar-refractivity contribution in [3.8, 4) is 11.6 Å². The van der Waals surface area contributed by atoms with Gasteiger partial charge in [-0.3, -0.25) is 4.79 Å². The van der Waals surface area contributed by atoms with Gasteiger partial charge < -0.3 is 15.5 Å². The molecule has 1 aromatic heterocycles. The summed E-state index contributed by atoms with van der Waals surface area (Å²) in [5, 5.41) is 0.523. The van der Waals surface area contributed by atoms with E-state index in [1.807, 2.05) is 0 Å². The predicted octanol–water partition coefficient (Wildman–Crippen LogP) is 1.67. The molecule has 0 aliphatic rings. The van der Waals surface area contributed by atoms with E-state index < -0.39 is 0 Å². The minimum atomic E-state index is -0.286. The summed E-state index contributed by atoms with van der Waals surface area (Å²) in [6, 6.07) is 6.43. The van der Waals surface area contributed by atoms with Crippen LogP contribution >= 0.6 is 11.6 Å². The number of H-pyrrole nitrogens is 1. The van der Waals surface area contributed by atoms with Gasteiger partial charge in [0.2, 0.25) is 5.88 Å². The number of rotatable bonds is 3. The first-order chi connectivity index (χ1) is 8.20. The molecule has 2 rings (SSSR count). The van der Waals surface area contributed by atoms with Crippen LogP contribution in [0.3, 0.4) is 0 Å². The van der Waals surface area contributed by atoms with Crippen LogP contribution in [-0.2, 0) is 6.54 Å². The Morgan fingerprint density at radius 2 is 2.29 bits per heavy atom. The highest BCUT2D eigenvalue weighted by atomic mass is 35.5. The van der Waals surface area contributed by atoms with Gasteiger partial charge in [-0.1, -0.05) is 17.7 Å². The zero-order valence-electron chi connectivity index (χ0n) is 8.81. The van der Waals surface area contributed by atoms with Crippen molar-refractivity contribution in [1.82, 2.24) is 9.97 Å². The lowest BCUT2D eigenvalue weighted by Crippen LogP contribution is -2.06. The topological polar surface area (TPSA) is 81.0 Å². The first-order valence-electron chi connectivity index (χ1n) is 4.91. The van der Waals surface area contributed by atoms with Gasteiger partial charge in [-0.25, -0.2) is 4.98 Å². The van der Waals surface area contributed by atoms with E-state index in [0.29, 0.717) is 16.3 Å². The molecule has 0 spiro atoms. The minimum absolute atomic E-state index is 0.200. The van der Waals surface area contributed by atoms with Gasteiger partial charge >= 0.3 is 0 Å². The summed E-state index contributed by atoms with van der Waals surface area (Å²) < 4.78 is 5.47. The van der Waals surface area contributed by atoms with E-state index in [2.05, 4.69) is 9.97 Å². The Hall–Kier alpha value is -1.85. The summed E-state index contributed by atoms with van der Waals surface area (Å²) in [5.41, 5.74) is 5.97. The van der Waals surface area contributed by atoms with E-state index in [9.17, 15) is 4.79 Å². The minimum Gasteiger partial charge on any atom is -0.438 e. The van der Waals surface area contributed by atoms with E-state index >= 15 is 0 Å². The van der Waals surface area contributed by atoms with Gasteiger partial charge in [-0.05, 0) is 12.1 Å². The maximum absolute atomic E-state index is 11.1. The second kappa shape index (κ2) is 4.99. The van der Waals surface area contributed by atoms with E-state index in [0.717, 1.165) is 0 Å². The number of halogens is 1. The molecule has 0 fully saturated rings. The Labute approximate surface area is 102 Å². The van der Waals surface area contributed by atoms with Gasteiger partial charge in [0, 0.05) is 17.1 Å². The maximum Gasteiger partial charge on any atom is 0.254 e. The largest absolute Gasteiger partial charge is 0.438 e. The second-order valence-corrected chi connectivity index (χ2v) is 3.68. The van der Waals surface area contributed by atoms with Gasteiger partial charge in [0.15, 0.2) is 0 Å². The Morgan fingerprint density at radius 1 is 1.47 bits per heavy atom. The van der Waals surface area contributed by atoms with Crippen molar-refractivity contribution in [2.45, 2.75) is 6.54 Å². The van der Waals surface area contributed by atoms with Gasteiger partial charge in [0.25, 0.3) is 5.56 Å². The number of nitrogens with zero attached hydrogens (tertiary/aromatic N) is 1. The van der Waals surface area contributed by atoms with Crippen molar-refractivity contribution in [2.75, 3.05) is 0 Å². The summed E-state index contributed by atoms with van der Waals surface area (Å²) in [6.45, 7) is 0.248. The average Bonchev–Trinajstić information content (AvgIpc) is 2.29. The molecular weight excluding hydrogens is 242 g/mol. The fourth-order valence-corrected chi connectivity index (χ4v) is 1.59. The zero-order valence-corrected chi connectivity index (χ0v) is 9.57. The molecule has 2 aromatic rings. The highest BCUT2D eigenvalue weighted by Crippen LogP contribution is 2.28. The van der Waals surface area contributed by atoms with E-state index in [1.54, 1.807) is 18.2 Å². The summed E-state index contributed by atoms with van der Waals surface area (Å²) in [7, 11) is 0. The van der Waals surface area contributed by atoms with Gasteiger partial charge in [0.1, 0.15) is 5.75 Å².